The van der Waals surface area contributed by atoms with Crippen LogP contribution in [-0.2, 0) is 17.8 Å². The summed E-state index contributed by atoms with van der Waals surface area (Å²) in [6.45, 7) is 2.70. The fraction of sp³-hybridized carbons (Fsp3) is 0.238. The topological polar surface area (TPSA) is 65.2 Å². The summed E-state index contributed by atoms with van der Waals surface area (Å²) in [6.07, 6.45) is 0.576. The van der Waals surface area contributed by atoms with Crippen LogP contribution in [0.25, 0.3) is 10.9 Å². The van der Waals surface area contributed by atoms with E-state index in [0.717, 1.165) is 5.69 Å². The summed E-state index contributed by atoms with van der Waals surface area (Å²) < 4.78 is 27.0. The molecule has 0 unspecified atom stereocenters. The van der Waals surface area contributed by atoms with Gasteiger partial charge >= 0.3 is 0 Å². The van der Waals surface area contributed by atoms with E-state index in [2.05, 4.69) is 10.3 Å². The Bertz CT molecular complexity index is 1190. The molecule has 2 aromatic carbocycles. The van der Waals surface area contributed by atoms with Gasteiger partial charge in [0.25, 0.3) is 0 Å². The van der Waals surface area contributed by atoms with Gasteiger partial charge in [0.15, 0.2) is 5.43 Å². The van der Waals surface area contributed by atoms with Crippen LogP contribution in [0.2, 0.25) is 5.02 Å². The first-order valence-electron chi connectivity index (χ1n) is 9.13. The minimum atomic E-state index is -0.560. The Morgan fingerprint density at radius 3 is 2.83 bits per heavy atom. The second-order valence-corrected chi connectivity index (χ2v) is 7.60. The number of benzene rings is 2. The second-order valence-electron chi connectivity index (χ2n) is 7.19. The van der Waals surface area contributed by atoms with Gasteiger partial charge in [0, 0.05) is 41.8 Å². The first kappa shape index (κ1) is 19.5. The Morgan fingerprint density at radius 2 is 2.07 bits per heavy atom. The largest absolute Gasteiger partial charge is 0.358 e. The van der Waals surface area contributed by atoms with E-state index in [1.165, 1.54) is 30.3 Å². The molecule has 0 aliphatic carbocycles. The van der Waals surface area contributed by atoms with E-state index in [4.69, 9.17) is 11.6 Å². The van der Waals surface area contributed by atoms with Gasteiger partial charge in [-0.2, -0.15) is 0 Å². The summed E-state index contributed by atoms with van der Waals surface area (Å²) in [6, 6.07) is 6.59. The van der Waals surface area contributed by atoms with Crippen molar-refractivity contribution >= 4 is 34.1 Å². The van der Waals surface area contributed by atoms with Crippen molar-refractivity contribution < 1.29 is 13.6 Å². The van der Waals surface area contributed by atoms with E-state index in [0.29, 0.717) is 40.7 Å². The summed E-state index contributed by atoms with van der Waals surface area (Å²) in [5, 5.41) is 2.91. The van der Waals surface area contributed by atoms with E-state index < -0.39 is 11.6 Å². The van der Waals surface area contributed by atoms with Gasteiger partial charge < -0.3 is 10.3 Å². The van der Waals surface area contributed by atoms with Crippen LogP contribution in [-0.4, -0.2) is 28.9 Å². The maximum absolute atomic E-state index is 13.8. The summed E-state index contributed by atoms with van der Waals surface area (Å²) in [5.74, 6) is -1.31. The molecule has 2 heterocycles. The predicted octanol–water partition coefficient (Wildman–Crippen LogP) is 3.76. The number of hydrogen-bond donors (Lipinski definition) is 2. The number of aromatic amines is 1. The van der Waals surface area contributed by atoms with Crippen LogP contribution in [0.3, 0.4) is 0 Å². The van der Waals surface area contributed by atoms with Crippen LogP contribution in [0.15, 0.2) is 35.1 Å². The highest BCUT2D eigenvalue weighted by atomic mass is 35.5. The predicted molar refractivity (Wildman–Crippen MR) is 108 cm³/mol. The zero-order valence-corrected chi connectivity index (χ0v) is 16.4. The maximum atomic E-state index is 13.8. The molecule has 0 saturated heterocycles. The fourth-order valence-corrected chi connectivity index (χ4v) is 3.86. The van der Waals surface area contributed by atoms with E-state index >= 15 is 0 Å². The third-order valence-electron chi connectivity index (χ3n) is 5.09. The molecule has 0 atom stereocenters. The van der Waals surface area contributed by atoms with Gasteiger partial charge in [0.1, 0.15) is 11.6 Å². The molecule has 0 radical (unpaired) electrons. The van der Waals surface area contributed by atoms with E-state index in [-0.39, 0.29) is 29.4 Å². The van der Waals surface area contributed by atoms with Crippen LogP contribution in [0, 0.1) is 18.6 Å². The number of anilines is 1. The monoisotopic (exact) mass is 417 g/mol. The highest BCUT2D eigenvalue weighted by Crippen LogP contribution is 2.22. The van der Waals surface area contributed by atoms with E-state index in [1.807, 2.05) is 4.90 Å². The molecular weight excluding hydrogens is 400 g/mol. The number of nitrogens with zero attached hydrogens (tertiary/aromatic N) is 1. The number of fused-ring (bicyclic) bond motifs is 2. The number of halogens is 3. The first-order chi connectivity index (χ1) is 13.8. The summed E-state index contributed by atoms with van der Waals surface area (Å²) >= 11 is 5.73. The van der Waals surface area contributed by atoms with Gasteiger partial charge in [-0.3, -0.25) is 14.5 Å². The standard InChI is InChI=1S/C21H18ClF2N3O2/c1-11-6-12(23)7-14-20(11)26-18-4-5-27(9-15(18)21(14)29)10-19(28)25-13-2-3-17(24)16(22)8-13/h2-3,6-8H,4-5,9-10H2,1H3,(H,25,28)(H,26,29). The highest BCUT2D eigenvalue weighted by molar-refractivity contribution is 6.31. The lowest BCUT2D eigenvalue weighted by Crippen LogP contribution is -2.39. The van der Waals surface area contributed by atoms with Crippen molar-refractivity contribution in [1.29, 1.82) is 0 Å². The van der Waals surface area contributed by atoms with E-state index in [9.17, 15) is 18.4 Å². The number of aryl methyl sites for hydroxylation is 1. The molecule has 0 spiro atoms. The first-order valence-corrected chi connectivity index (χ1v) is 9.51. The number of hydrogen-bond acceptors (Lipinski definition) is 3. The van der Waals surface area contributed by atoms with Gasteiger partial charge in [-0.1, -0.05) is 11.6 Å². The molecule has 5 nitrogen and oxygen atoms in total. The molecule has 3 aromatic rings. The van der Waals surface area contributed by atoms with Gasteiger partial charge in [-0.05, 0) is 42.8 Å². The number of amides is 1. The number of aromatic nitrogens is 1. The molecular formula is C21H18ClF2N3O2. The van der Waals surface area contributed by atoms with Gasteiger partial charge in [0.2, 0.25) is 5.91 Å². The number of H-pyrrole nitrogens is 1. The highest BCUT2D eigenvalue weighted by Gasteiger charge is 2.23. The molecule has 1 aromatic heterocycles. The molecule has 29 heavy (non-hydrogen) atoms. The Kier molecular flexibility index (Phi) is 5.10. The molecule has 2 N–H and O–H groups in total. The van der Waals surface area contributed by atoms with Crippen LogP contribution in [0.5, 0.6) is 0 Å². The Hall–Kier alpha value is -2.77. The van der Waals surface area contributed by atoms with Crippen molar-refractivity contribution in [2.24, 2.45) is 0 Å². The lowest BCUT2D eigenvalue weighted by atomic mass is 10.0. The molecule has 0 bridgehead atoms. The molecule has 0 saturated carbocycles. The molecule has 8 heteroatoms. The van der Waals surface area contributed by atoms with Crippen LogP contribution >= 0.6 is 11.6 Å². The summed E-state index contributed by atoms with van der Waals surface area (Å²) in [7, 11) is 0. The van der Waals surface area contributed by atoms with Crippen LogP contribution in [0.4, 0.5) is 14.5 Å². The number of carbonyl (C=O) groups is 1. The lowest BCUT2D eigenvalue weighted by Gasteiger charge is -2.28. The summed E-state index contributed by atoms with van der Waals surface area (Å²) in [5.41, 5.74) is 2.88. The van der Waals surface area contributed by atoms with E-state index in [1.54, 1.807) is 6.92 Å². The molecule has 150 valence electrons. The van der Waals surface area contributed by atoms with Crippen molar-refractivity contribution in [3.05, 3.63) is 74.0 Å². The number of nitrogens with one attached hydrogen (secondary N) is 2. The van der Waals surface area contributed by atoms with Gasteiger partial charge in [0.05, 0.1) is 17.1 Å². The van der Waals surface area contributed by atoms with Crippen LogP contribution < -0.4 is 10.7 Å². The average molecular weight is 418 g/mol. The second kappa shape index (κ2) is 7.57. The zero-order valence-electron chi connectivity index (χ0n) is 15.6. The minimum absolute atomic E-state index is 0.0636. The Morgan fingerprint density at radius 1 is 1.28 bits per heavy atom. The van der Waals surface area contributed by atoms with Crippen molar-refractivity contribution in [1.82, 2.24) is 9.88 Å². The number of rotatable bonds is 3. The number of carbonyl (C=O) groups excluding carboxylic acids is 1. The fourth-order valence-electron chi connectivity index (χ4n) is 3.68. The number of pyridine rings is 1. The molecule has 1 aliphatic heterocycles. The van der Waals surface area contributed by atoms with Crippen molar-refractivity contribution in [2.45, 2.75) is 19.9 Å². The SMILES string of the molecule is Cc1cc(F)cc2c(=O)c3c([nH]c12)CCN(CC(=O)Nc1ccc(F)c(Cl)c1)C3. The minimum Gasteiger partial charge on any atom is -0.358 e. The summed E-state index contributed by atoms with van der Waals surface area (Å²) in [4.78, 5) is 30.4. The van der Waals surface area contributed by atoms with Crippen molar-refractivity contribution in [3.63, 3.8) is 0 Å². The molecule has 4 rings (SSSR count). The van der Waals surface area contributed by atoms with Crippen LogP contribution in [0.1, 0.15) is 16.8 Å². The third kappa shape index (κ3) is 3.88. The third-order valence-corrected chi connectivity index (χ3v) is 5.38. The Balaban J connectivity index is 1.53. The van der Waals surface area contributed by atoms with Crippen molar-refractivity contribution in [2.75, 3.05) is 18.4 Å². The quantitative estimate of drug-likeness (QED) is 0.682. The lowest BCUT2D eigenvalue weighted by molar-refractivity contribution is -0.117. The average Bonchev–Trinajstić information content (AvgIpc) is 2.66. The molecule has 0 fully saturated rings. The van der Waals surface area contributed by atoms with Crippen molar-refractivity contribution in [3.8, 4) is 0 Å². The zero-order chi connectivity index (χ0) is 20.7. The Labute approximate surface area is 170 Å². The molecule has 1 aliphatic rings. The van der Waals surface area contributed by atoms with Gasteiger partial charge in [-0.15, -0.1) is 0 Å². The normalized spacial score (nSPS) is 14.1. The van der Waals surface area contributed by atoms with Gasteiger partial charge in [-0.25, -0.2) is 8.78 Å². The maximum Gasteiger partial charge on any atom is 0.238 e. The smallest absolute Gasteiger partial charge is 0.238 e. The molecule has 1 amide bonds.